The maximum atomic E-state index is 14.2. The van der Waals surface area contributed by atoms with Gasteiger partial charge in [-0.25, -0.2) is 0 Å². The number of methoxy groups -OCH3 is 1. The van der Waals surface area contributed by atoms with Gasteiger partial charge in [-0.1, -0.05) is 30.3 Å². The minimum absolute atomic E-state index is 0.0200. The molecule has 174 valence electrons. The van der Waals surface area contributed by atoms with E-state index in [0.717, 1.165) is 11.1 Å². The van der Waals surface area contributed by atoms with Crippen molar-refractivity contribution in [3.8, 4) is 11.5 Å². The molecule has 34 heavy (non-hydrogen) atoms. The predicted molar refractivity (Wildman–Crippen MR) is 123 cm³/mol. The summed E-state index contributed by atoms with van der Waals surface area (Å²) in [6, 6.07) is 19.1. The number of hydrogen-bond acceptors (Lipinski definition) is 5. The van der Waals surface area contributed by atoms with E-state index < -0.39 is 5.54 Å². The van der Waals surface area contributed by atoms with Crippen LogP contribution in [0.3, 0.4) is 0 Å². The first kappa shape index (κ1) is 20.8. The lowest BCUT2D eigenvalue weighted by Crippen LogP contribution is -2.65. The quantitative estimate of drug-likeness (QED) is 0.595. The summed E-state index contributed by atoms with van der Waals surface area (Å²) >= 11 is 0. The molecular weight excluding hydrogens is 432 g/mol. The molecule has 3 aliphatic rings. The van der Waals surface area contributed by atoms with Crippen LogP contribution < -0.4 is 9.47 Å². The molecule has 3 unspecified atom stereocenters. The molecule has 2 aromatic carbocycles. The van der Waals surface area contributed by atoms with E-state index in [1.165, 1.54) is 0 Å². The Morgan fingerprint density at radius 2 is 1.91 bits per heavy atom. The summed E-state index contributed by atoms with van der Waals surface area (Å²) in [5, 5.41) is 0. The van der Waals surface area contributed by atoms with Crippen LogP contribution in [0.25, 0.3) is 0 Å². The number of nitrogens with zero attached hydrogens (tertiary/aromatic N) is 2. The molecule has 6 rings (SSSR count). The lowest BCUT2D eigenvalue weighted by atomic mass is 9.73. The van der Waals surface area contributed by atoms with Gasteiger partial charge in [0.1, 0.15) is 29.3 Å². The maximum absolute atomic E-state index is 14.2. The largest absolute Gasteiger partial charge is 0.497 e. The molecule has 0 aliphatic carbocycles. The van der Waals surface area contributed by atoms with Gasteiger partial charge in [0.2, 0.25) is 11.8 Å². The van der Waals surface area contributed by atoms with E-state index in [1.807, 2.05) is 66.4 Å². The van der Waals surface area contributed by atoms with Gasteiger partial charge in [-0.15, -0.1) is 0 Å². The third-order valence-electron chi connectivity index (χ3n) is 7.59. The van der Waals surface area contributed by atoms with E-state index >= 15 is 0 Å². The maximum Gasteiger partial charge on any atom is 0.249 e. The Hall–Kier alpha value is -3.74. The molecule has 2 saturated heterocycles. The summed E-state index contributed by atoms with van der Waals surface area (Å²) < 4.78 is 17.1. The van der Waals surface area contributed by atoms with Crippen LogP contribution in [0, 0.1) is 5.92 Å². The number of carbonyl (C=O) groups excluding carboxylic acids is 2. The molecule has 2 fully saturated rings. The summed E-state index contributed by atoms with van der Waals surface area (Å²) in [5.41, 5.74) is 0.898. The van der Waals surface area contributed by atoms with Crippen LogP contribution in [0.2, 0.25) is 0 Å². The third-order valence-corrected chi connectivity index (χ3v) is 7.59. The van der Waals surface area contributed by atoms with Gasteiger partial charge in [0.15, 0.2) is 0 Å². The molecule has 0 N–H and O–H groups in total. The van der Waals surface area contributed by atoms with Gasteiger partial charge in [0.25, 0.3) is 0 Å². The number of piperazine rings is 1. The Bertz CT molecular complexity index is 1240. The van der Waals surface area contributed by atoms with E-state index in [0.29, 0.717) is 23.9 Å². The molecule has 0 radical (unpaired) electrons. The van der Waals surface area contributed by atoms with Gasteiger partial charge in [-0.2, -0.15) is 0 Å². The molecule has 1 aromatic heterocycles. The van der Waals surface area contributed by atoms with Crippen LogP contribution in [0.15, 0.2) is 71.3 Å². The number of carbonyl (C=O) groups is 2. The van der Waals surface area contributed by atoms with E-state index in [4.69, 9.17) is 13.9 Å². The SMILES string of the molecule is COc1ccc2c(c1)OCC1C2N2C(=O)CN(Cc3ccco3)C(=O)[C@@]2(C)C1c1ccccc1. The van der Waals surface area contributed by atoms with Crippen molar-refractivity contribution in [2.45, 2.75) is 31.0 Å². The number of hydrogen-bond donors (Lipinski definition) is 0. The van der Waals surface area contributed by atoms with Crippen LogP contribution in [-0.4, -0.2) is 47.4 Å². The van der Waals surface area contributed by atoms with Crippen molar-refractivity contribution in [3.05, 3.63) is 83.8 Å². The van der Waals surface area contributed by atoms with Crippen LogP contribution in [0.5, 0.6) is 11.5 Å². The Kier molecular flexibility index (Phi) is 4.69. The second-order valence-electron chi connectivity index (χ2n) is 9.36. The molecule has 7 heteroatoms. The highest BCUT2D eigenvalue weighted by Crippen LogP contribution is 2.60. The zero-order valence-electron chi connectivity index (χ0n) is 19.1. The first-order valence-corrected chi connectivity index (χ1v) is 11.5. The fraction of sp³-hybridized carbons (Fsp3) is 0.333. The second kappa shape index (κ2) is 7.65. The van der Waals surface area contributed by atoms with Crippen molar-refractivity contribution in [2.75, 3.05) is 20.3 Å². The summed E-state index contributed by atoms with van der Waals surface area (Å²) in [4.78, 5) is 31.4. The smallest absolute Gasteiger partial charge is 0.249 e. The van der Waals surface area contributed by atoms with E-state index in [9.17, 15) is 9.59 Å². The molecule has 4 atom stereocenters. The number of amides is 2. The lowest BCUT2D eigenvalue weighted by molar-refractivity contribution is -0.164. The van der Waals surface area contributed by atoms with Gasteiger partial charge >= 0.3 is 0 Å². The van der Waals surface area contributed by atoms with Crippen LogP contribution in [-0.2, 0) is 16.1 Å². The van der Waals surface area contributed by atoms with E-state index in [2.05, 4.69) is 0 Å². The van der Waals surface area contributed by atoms with E-state index in [1.54, 1.807) is 24.3 Å². The van der Waals surface area contributed by atoms with Gasteiger partial charge in [0.05, 0.1) is 32.6 Å². The molecule has 0 saturated carbocycles. The zero-order valence-corrected chi connectivity index (χ0v) is 19.1. The molecular formula is C27H26N2O5. The number of ether oxygens (including phenoxy) is 2. The molecule has 0 bridgehead atoms. The number of rotatable bonds is 4. The van der Waals surface area contributed by atoms with Crippen LogP contribution in [0.1, 0.15) is 35.8 Å². The predicted octanol–water partition coefficient (Wildman–Crippen LogP) is 3.77. The normalized spacial score (nSPS) is 27.6. The Labute approximate surface area is 197 Å². The average molecular weight is 459 g/mol. The van der Waals surface area contributed by atoms with Crippen molar-refractivity contribution >= 4 is 11.8 Å². The molecule has 2 amide bonds. The Balaban J connectivity index is 1.49. The summed E-state index contributed by atoms with van der Waals surface area (Å²) in [5.74, 6) is 1.64. The highest BCUT2D eigenvalue weighted by molar-refractivity contribution is 5.99. The number of benzene rings is 2. The molecule has 7 nitrogen and oxygen atoms in total. The number of furan rings is 1. The van der Waals surface area contributed by atoms with Crippen molar-refractivity contribution < 1.29 is 23.5 Å². The highest BCUT2D eigenvalue weighted by atomic mass is 16.5. The molecule has 3 aliphatic heterocycles. The monoisotopic (exact) mass is 458 g/mol. The van der Waals surface area contributed by atoms with Gasteiger partial charge in [-0.3, -0.25) is 9.59 Å². The minimum atomic E-state index is -1.05. The lowest BCUT2D eigenvalue weighted by Gasteiger charge is -2.47. The number of fused-ring (bicyclic) bond motifs is 5. The van der Waals surface area contributed by atoms with E-state index in [-0.39, 0.29) is 42.8 Å². The van der Waals surface area contributed by atoms with Gasteiger partial charge in [0, 0.05) is 23.5 Å². The Morgan fingerprint density at radius 1 is 1.09 bits per heavy atom. The van der Waals surface area contributed by atoms with Crippen molar-refractivity contribution in [1.29, 1.82) is 0 Å². The van der Waals surface area contributed by atoms with Crippen LogP contribution in [0.4, 0.5) is 0 Å². The minimum Gasteiger partial charge on any atom is -0.497 e. The summed E-state index contributed by atoms with van der Waals surface area (Å²) in [6.45, 7) is 2.62. The molecule has 4 heterocycles. The second-order valence-corrected chi connectivity index (χ2v) is 9.36. The third kappa shape index (κ3) is 2.89. The molecule has 0 spiro atoms. The zero-order chi connectivity index (χ0) is 23.4. The highest BCUT2D eigenvalue weighted by Gasteiger charge is 2.66. The first-order chi connectivity index (χ1) is 16.5. The van der Waals surface area contributed by atoms with Crippen molar-refractivity contribution in [1.82, 2.24) is 9.80 Å². The van der Waals surface area contributed by atoms with Crippen molar-refractivity contribution in [2.24, 2.45) is 5.92 Å². The standard InChI is InChI=1S/C27H26N2O5/c1-27-24(17-7-4-3-5-8-17)21-16-34-22-13-18(32-2)10-11-20(22)25(21)29(27)23(30)15-28(26(27)31)14-19-9-6-12-33-19/h3-13,21,24-25H,14-16H2,1-2H3/t21?,24?,25?,27-/m1/s1. The average Bonchev–Trinajstić information content (AvgIpc) is 3.46. The topological polar surface area (TPSA) is 72.2 Å². The van der Waals surface area contributed by atoms with Crippen molar-refractivity contribution in [3.63, 3.8) is 0 Å². The summed E-state index contributed by atoms with van der Waals surface area (Å²) in [6.07, 6.45) is 1.58. The Morgan fingerprint density at radius 3 is 2.65 bits per heavy atom. The van der Waals surface area contributed by atoms with Gasteiger partial charge in [-0.05, 0) is 36.8 Å². The summed E-state index contributed by atoms with van der Waals surface area (Å²) in [7, 11) is 1.62. The van der Waals surface area contributed by atoms with Crippen LogP contribution >= 0.6 is 0 Å². The van der Waals surface area contributed by atoms with Gasteiger partial charge < -0.3 is 23.7 Å². The fourth-order valence-electron chi connectivity index (χ4n) is 6.22. The first-order valence-electron chi connectivity index (χ1n) is 11.5. The fourth-order valence-corrected chi connectivity index (χ4v) is 6.22. The molecule has 3 aromatic rings.